The van der Waals surface area contributed by atoms with Gasteiger partial charge in [0, 0.05) is 37.1 Å². The summed E-state index contributed by atoms with van der Waals surface area (Å²) >= 11 is 0. The summed E-state index contributed by atoms with van der Waals surface area (Å²) in [5.74, 6) is 0.443. The second-order valence-corrected chi connectivity index (χ2v) is 6.34. The molecule has 2 unspecified atom stereocenters. The molecule has 4 nitrogen and oxygen atoms in total. The van der Waals surface area contributed by atoms with E-state index in [2.05, 4.69) is 4.98 Å². The van der Waals surface area contributed by atoms with Crippen LogP contribution >= 0.6 is 0 Å². The van der Waals surface area contributed by atoms with Gasteiger partial charge in [-0.2, -0.15) is 0 Å². The van der Waals surface area contributed by atoms with Gasteiger partial charge in [0.15, 0.2) is 0 Å². The Morgan fingerprint density at radius 3 is 2.78 bits per heavy atom. The zero-order valence-electron chi connectivity index (χ0n) is 13.5. The molecule has 1 fully saturated rings. The van der Waals surface area contributed by atoms with Crippen LogP contribution in [0.1, 0.15) is 30.1 Å². The van der Waals surface area contributed by atoms with Gasteiger partial charge in [0.2, 0.25) is 0 Å². The van der Waals surface area contributed by atoms with Crippen molar-refractivity contribution in [2.75, 3.05) is 13.1 Å². The van der Waals surface area contributed by atoms with Gasteiger partial charge in [-0.15, -0.1) is 0 Å². The van der Waals surface area contributed by atoms with Gasteiger partial charge in [-0.25, -0.2) is 0 Å². The van der Waals surface area contributed by atoms with E-state index in [-0.39, 0.29) is 11.9 Å². The number of amides is 1. The van der Waals surface area contributed by atoms with E-state index in [1.54, 1.807) is 12.4 Å². The smallest absolute Gasteiger partial charge is 0.255 e. The molecule has 120 valence electrons. The third-order valence-electron chi connectivity index (χ3n) is 4.58. The van der Waals surface area contributed by atoms with Crippen molar-refractivity contribution in [3.05, 3.63) is 54.4 Å². The summed E-state index contributed by atoms with van der Waals surface area (Å²) in [5.41, 5.74) is 8.71. The Balaban J connectivity index is 1.80. The number of carbonyl (C=O) groups excluding carboxylic acids is 1. The molecule has 3 rings (SSSR count). The van der Waals surface area contributed by atoms with Crippen LogP contribution in [0.4, 0.5) is 0 Å². The molecule has 2 heterocycles. The minimum Gasteiger partial charge on any atom is -0.338 e. The van der Waals surface area contributed by atoms with Crippen LogP contribution in [-0.2, 0) is 0 Å². The quantitative estimate of drug-likeness (QED) is 0.948. The van der Waals surface area contributed by atoms with E-state index in [9.17, 15) is 4.79 Å². The van der Waals surface area contributed by atoms with E-state index >= 15 is 0 Å². The standard InChI is InChI=1S/C19H23N3O/c1-14(20)16-8-5-9-22(13-16)19(23)18-10-17(11-21-12-18)15-6-3-2-4-7-15/h2-4,6-7,10-12,14,16H,5,8-9,13,20H2,1H3. The number of benzene rings is 1. The van der Waals surface area contributed by atoms with E-state index in [0.29, 0.717) is 11.5 Å². The van der Waals surface area contributed by atoms with Gasteiger partial charge in [-0.1, -0.05) is 30.3 Å². The fraction of sp³-hybridized carbons (Fsp3) is 0.368. The average Bonchev–Trinajstić information content (AvgIpc) is 2.62. The molecule has 2 atom stereocenters. The van der Waals surface area contributed by atoms with Gasteiger partial charge in [0.25, 0.3) is 5.91 Å². The number of nitrogens with zero attached hydrogens (tertiary/aromatic N) is 2. The van der Waals surface area contributed by atoms with Crippen molar-refractivity contribution in [2.45, 2.75) is 25.8 Å². The molecule has 0 spiro atoms. The summed E-state index contributed by atoms with van der Waals surface area (Å²) in [7, 11) is 0. The minimum atomic E-state index is 0.0561. The lowest BCUT2D eigenvalue weighted by Crippen LogP contribution is -2.45. The summed E-state index contributed by atoms with van der Waals surface area (Å²) in [4.78, 5) is 19.0. The summed E-state index contributed by atoms with van der Waals surface area (Å²) in [6, 6.07) is 12.1. The molecule has 2 N–H and O–H groups in total. The van der Waals surface area contributed by atoms with Crippen molar-refractivity contribution in [1.29, 1.82) is 0 Å². The molecular weight excluding hydrogens is 286 g/mol. The number of pyridine rings is 1. The summed E-state index contributed by atoms with van der Waals surface area (Å²) in [6.45, 7) is 3.57. The van der Waals surface area contributed by atoms with Crippen molar-refractivity contribution in [2.24, 2.45) is 11.7 Å². The Bertz CT molecular complexity index is 669. The lowest BCUT2D eigenvalue weighted by molar-refractivity contribution is 0.0660. The first kappa shape index (κ1) is 15.7. The van der Waals surface area contributed by atoms with Crippen LogP contribution < -0.4 is 5.73 Å². The minimum absolute atomic E-state index is 0.0561. The van der Waals surface area contributed by atoms with Gasteiger partial charge < -0.3 is 10.6 Å². The predicted molar refractivity (Wildman–Crippen MR) is 91.9 cm³/mol. The molecule has 4 heteroatoms. The van der Waals surface area contributed by atoms with Crippen LogP contribution in [0.15, 0.2) is 48.8 Å². The van der Waals surface area contributed by atoms with Crippen LogP contribution in [0.5, 0.6) is 0 Å². The SMILES string of the molecule is CC(N)C1CCCN(C(=O)c2cncc(-c3ccccc3)c2)C1. The molecule has 1 aliphatic rings. The number of nitrogens with two attached hydrogens (primary N) is 1. The van der Waals surface area contributed by atoms with Crippen LogP contribution in [0.3, 0.4) is 0 Å². The van der Waals surface area contributed by atoms with Crippen LogP contribution in [-0.4, -0.2) is 34.9 Å². The summed E-state index contributed by atoms with van der Waals surface area (Å²) < 4.78 is 0. The average molecular weight is 309 g/mol. The number of rotatable bonds is 3. The highest BCUT2D eigenvalue weighted by atomic mass is 16.2. The second-order valence-electron chi connectivity index (χ2n) is 6.34. The zero-order chi connectivity index (χ0) is 16.2. The maximum Gasteiger partial charge on any atom is 0.255 e. The molecule has 1 amide bonds. The van der Waals surface area contributed by atoms with Crippen molar-refractivity contribution in [3.8, 4) is 11.1 Å². The molecule has 1 saturated heterocycles. The van der Waals surface area contributed by atoms with Crippen molar-refractivity contribution in [1.82, 2.24) is 9.88 Å². The lowest BCUT2D eigenvalue weighted by atomic mass is 9.92. The highest BCUT2D eigenvalue weighted by Gasteiger charge is 2.26. The van der Waals surface area contributed by atoms with Crippen LogP contribution in [0.25, 0.3) is 11.1 Å². The number of piperidine rings is 1. The van der Waals surface area contributed by atoms with Gasteiger partial charge in [0.05, 0.1) is 5.56 Å². The monoisotopic (exact) mass is 309 g/mol. The lowest BCUT2D eigenvalue weighted by Gasteiger charge is -2.34. The normalized spacial score (nSPS) is 19.4. The van der Waals surface area contributed by atoms with E-state index in [4.69, 9.17) is 5.73 Å². The number of aromatic nitrogens is 1. The number of hydrogen-bond donors (Lipinski definition) is 1. The Kier molecular flexibility index (Phi) is 4.72. The Labute approximate surface area is 137 Å². The summed E-state index contributed by atoms with van der Waals surface area (Å²) in [5, 5.41) is 0. The fourth-order valence-electron chi connectivity index (χ4n) is 3.15. The van der Waals surface area contributed by atoms with Crippen LogP contribution in [0, 0.1) is 5.92 Å². The molecule has 0 radical (unpaired) electrons. The second kappa shape index (κ2) is 6.92. The molecule has 0 aliphatic carbocycles. The first-order chi connectivity index (χ1) is 11.1. The molecule has 2 aromatic rings. The maximum absolute atomic E-state index is 12.8. The Morgan fingerprint density at radius 2 is 2.04 bits per heavy atom. The first-order valence-corrected chi connectivity index (χ1v) is 8.20. The molecular formula is C19H23N3O. The van der Waals surface area contributed by atoms with Gasteiger partial charge in [0.1, 0.15) is 0 Å². The molecule has 0 bridgehead atoms. The Hall–Kier alpha value is -2.20. The van der Waals surface area contributed by atoms with E-state index in [1.807, 2.05) is 48.2 Å². The molecule has 0 saturated carbocycles. The van der Waals surface area contributed by atoms with Crippen molar-refractivity contribution >= 4 is 5.91 Å². The van der Waals surface area contributed by atoms with E-state index in [0.717, 1.165) is 37.1 Å². The largest absolute Gasteiger partial charge is 0.338 e. The molecule has 1 aliphatic heterocycles. The van der Waals surface area contributed by atoms with Crippen LogP contribution in [0.2, 0.25) is 0 Å². The van der Waals surface area contributed by atoms with Crippen molar-refractivity contribution in [3.63, 3.8) is 0 Å². The molecule has 23 heavy (non-hydrogen) atoms. The Morgan fingerprint density at radius 1 is 1.26 bits per heavy atom. The van der Waals surface area contributed by atoms with Gasteiger partial charge in [-0.05, 0) is 37.3 Å². The molecule has 1 aromatic carbocycles. The number of likely N-dealkylation sites (tertiary alicyclic amines) is 1. The number of hydrogen-bond acceptors (Lipinski definition) is 3. The highest BCUT2D eigenvalue weighted by Crippen LogP contribution is 2.23. The van der Waals surface area contributed by atoms with E-state index < -0.39 is 0 Å². The van der Waals surface area contributed by atoms with Gasteiger partial charge in [-0.3, -0.25) is 9.78 Å². The fourth-order valence-corrected chi connectivity index (χ4v) is 3.15. The van der Waals surface area contributed by atoms with E-state index in [1.165, 1.54) is 0 Å². The number of carbonyl (C=O) groups is 1. The topological polar surface area (TPSA) is 59.2 Å². The third kappa shape index (κ3) is 3.59. The maximum atomic E-state index is 12.8. The highest BCUT2D eigenvalue weighted by molar-refractivity contribution is 5.95. The summed E-state index contributed by atoms with van der Waals surface area (Å²) in [6.07, 6.45) is 5.57. The molecule has 1 aromatic heterocycles. The van der Waals surface area contributed by atoms with Gasteiger partial charge >= 0.3 is 0 Å². The van der Waals surface area contributed by atoms with Crippen molar-refractivity contribution < 1.29 is 4.79 Å². The first-order valence-electron chi connectivity index (χ1n) is 8.20. The zero-order valence-corrected chi connectivity index (χ0v) is 13.5. The third-order valence-corrected chi connectivity index (χ3v) is 4.58. The predicted octanol–water partition coefficient (Wildman–Crippen LogP) is 2.95.